The van der Waals surface area contributed by atoms with Crippen LogP contribution in [-0.4, -0.2) is 17.7 Å². The molecule has 0 amide bonds. The first kappa shape index (κ1) is 19.2. The smallest absolute Gasteiger partial charge is 0.200 e. The first-order valence-electron chi connectivity index (χ1n) is 9.84. The number of phenols is 1. The molecule has 1 saturated heterocycles. The Bertz CT molecular complexity index is 1070. The van der Waals surface area contributed by atoms with Crippen molar-refractivity contribution in [3.05, 3.63) is 62.4 Å². The Morgan fingerprint density at radius 3 is 2.64 bits per heavy atom. The lowest BCUT2D eigenvalue weighted by molar-refractivity contribution is -0.941. The van der Waals surface area contributed by atoms with Crippen LogP contribution in [0.15, 0.2) is 50.1 Å². The number of hydrogen-bond donors (Lipinski definition) is 2. The lowest BCUT2D eigenvalue weighted by Gasteiger charge is -2.30. The van der Waals surface area contributed by atoms with Gasteiger partial charge in [-0.05, 0) is 62.9 Å². The molecule has 5 heteroatoms. The number of piperidine rings is 1. The number of quaternary nitrogens is 1. The summed E-state index contributed by atoms with van der Waals surface area (Å²) in [5.41, 5.74) is 2.62. The van der Waals surface area contributed by atoms with Crippen LogP contribution < -0.4 is 10.3 Å². The van der Waals surface area contributed by atoms with E-state index in [0.29, 0.717) is 34.9 Å². The number of rotatable bonds is 3. The second-order valence-electron chi connectivity index (χ2n) is 7.79. The maximum atomic E-state index is 13.3. The molecule has 0 bridgehead atoms. The maximum absolute atomic E-state index is 13.3. The highest BCUT2D eigenvalue weighted by atomic mass is 79.9. The van der Waals surface area contributed by atoms with Crippen LogP contribution in [0.1, 0.15) is 37.5 Å². The molecule has 3 aromatic rings. The van der Waals surface area contributed by atoms with Crippen molar-refractivity contribution < 1.29 is 14.4 Å². The van der Waals surface area contributed by atoms with Crippen LogP contribution >= 0.6 is 15.9 Å². The van der Waals surface area contributed by atoms with Crippen LogP contribution in [0.5, 0.6) is 5.75 Å². The molecule has 1 aliphatic rings. The number of likely N-dealkylation sites (tertiary alicyclic amines) is 1. The Balaban J connectivity index is 1.85. The van der Waals surface area contributed by atoms with Gasteiger partial charge < -0.3 is 14.4 Å². The van der Waals surface area contributed by atoms with Gasteiger partial charge in [-0.2, -0.15) is 0 Å². The van der Waals surface area contributed by atoms with Crippen LogP contribution in [0, 0.1) is 6.92 Å². The standard InChI is InChI=1S/C23H24BrNO3/c1-14-5-3-4-12-25(14)13-19-20(26)11-10-18-22(27)21(15(2)28-23(18)19)16-6-8-17(24)9-7-16/h6-11,14,26H,3-5,12-13H2,1-2H3/p+1. The minimum atomic E-state index is -0.0518. The van der Waals surface area contributed by atoms with E-state index < -0.39 is 0 Å². The molecule has 1 fully saturated rings. The molecule has 2 N–H and O–H groups in total. The molecule has 4 nitrogen and oxygen atoms in total. The zero-order chi connectivity index (χ0) is 19.8. The van der Waals surface area contributed by atoms with Gasteiger partial charge in [-0.3, -0.25) is 4.79 Å². The molecule has 2 atom stereocenters. The van der Waals surface area contributed by atoms with Crippen molar-refractivity contribution in [1.82, 2.24) is 0 Å². The maximum Gasteiger partial charge on any atom is 0.200 e. The van der Waals surface area contributed by atoms with Gasteiger partial charge in [0.2, 0.25) is 5.43 Å². The predicted molar refractivity (Wildman–Crippen MR) is 115 cm³/mol. The number of benzene rings is 2. The SMILES string of the molecule is Cc1oc2c(C[NH+]3CCCCC3C)c(O)ccc2c(=O)c1-c1ccc(Br)cc1. The number of nitrogens with one attached hydrogen (secondary N) is 1. The Labute approximate surface area is 172 Å². The normalized spacial score (nSPS) is 19.8. The van der Waals surface area contributed by atoms with E-state index in [1.54, 1.807) is 12.1 Å². The zero-order valence-electron chi connectivity index (χ0n) is 16.2. The number of aryl methyl sites for hydroxylation is 1. The van der Waals surface area contributed by atoms with Gasteiger partial charge in [-0.1, -0.05) is 28.1 Å². The van der Waals surface area contributed by atoms with Crippen molar-refractivity contribution in [2.24, 2.45) is 0 Å². The molecule has 0 spiro atoms. The third-order valence-corrected chi connectivity index (χ3v) is 6.46. The fourth-order valence-corrected chi connectivity index (χ4v) is 4.54. The number of hydrogen-bond acceptors (Lipinski definition) is 3. The quantitative estimate of drug-likeness (QED) is 0.638. The molecule has 2 unspecified atom stereocenters. The Morgan fingerprint density at radius 2 is 1.93 bits per heavy atom. The average molecular weight is 443 g/mol. The molecule has 4 rings (SSSR count). The summed E-state index contributed by atoms with van der Waals surface area (Å²) in [6.07, 6.45) is 3.65. The van der Waals surface area contributed by atoms with E-state index in [1.807, 2.05) is 31.2 Å². The molecule has 146 valence electrons. The van der Waals surface area contributed by atoms with E-state index in [9.17, 15) is 9.90 Å². The van der Waals surface area contributed by atoms with Gasteiger partial charge in [0.05, 0.1) is 29.1 Å². The minimum absolute atomic E-state index is 0.0518. The summed E-state index contributed by atoms with van der Waals surface area (Å²) in [5.74, 6) is 0.782. The van der Waals surface area contributed by atoms with Gasteiger partial charge in [0, 0.05) is 4.47 Å². The van der Waals surface area contributed by atoms with Crippen molar-refractivity contribution in [3.8, 4) is 16.9 Å². The summed E-state index contributed by atoms with van der Waals surface area (Å²) in [6.45, 7) is 5.83. The zero-order valence-corrected chi connectivity index (χ0v) is 17.8. The van der Waals surface area contributed by atoms with Gasteiger partial charge in [-0.25, -0.2) is 0 Å². The Kier molecular flexibility index (Phi) is 5.30. The number of aromatic hydroxyl groups is 1. The number of phenolic OH excluding ortho intramolecular Hbond substituents is 1. The fourth-order valence-electron chi connectivity index (χ4n) is 4.28. The van der Waals surface area contributed by atoms with Gasteiger partial charge >= 0.3 is 0 Å². The van der Waals surface area contributed by atoms with E-state index in [0.717, 1.165) is 22.1 Å². The molecule has 1 aromatic heterocycles. The summed E-state index contributed by atoms with van der Waals surface area (Å²) in [5, 5.41) is 11.1. The van der Waals surface area contributed by atoms with Crippen LogP contribution in [-0.2, 0) is 6.54 Å². The van der Waals surface area contributed by atoms with Gasteiger partial charge in [0.25, 0.3) is 0 Å². The third kappa shape index (κ3) is 3.49. The highest BCUT2D eigenvalue weighted by molar-refractivity contribution is 9.10. The van der Waals surface area contributed by atoms with Crippen molar-refractivity contribution in [3.63, 3.8) is 0 Å². The minimum Gasteiger partial charge on any atom is -0.507 e. The third-order valence-electron chi connectivity index (χ3n) is 5.93. The van der Waals surface area contributed by atoms with Crippen LogP contribution in [0.3, 0.4) is 0 Å². The molecule has 2 aromatic carbocycles. The van der Waals surface area contributed by atoms with Crippen molar-refractivity contribution in [2.75, 3.05) is 6.54 Å². The first-order valence-corrected chi connectivity index (χ1v) is 10.6. The summed E-state index contributed by atoms with van der Waals surface area (Å²) in [6, 6.07) is 11.5. The summed E-state index contributed by atoms with van der Waals surface area (Å²) in [4.78, 5) is 14.7. The summed E-state index contributed by atoms with van der Waals surface area (Å²) in [7, 11) is 0. The van der Waals surface area contributed by atoms with E-state index >= 15 is 0 Å². The second-order valence-corrected chi connectivity index (χ2v) is 8.71. The molecule has 0 saturated carbocycles. The van der Waals surface area contributed by atoms with Crippen LogP contribution in [0.25, 0.3) is 22.1 Å². The van der Waals surface area contributed by atoms with Gasteiger partial charge in [-0.15, -0.1) is 0 Å². The van der Waals surface area contributed by atoms with Crippen molar-refractivity contribution in [2.45, 2.75) is 45.7 Å². The van der Waals surface area contributed by atoms with E-state index in [4.69, 9.17) is 4.42 Å². The largest absolute Gasteiger partial charge is 0.507 e. The van der Waals surface area contributed by atoms with Crippen molar-refractivity contribution >= 4 is 26.9 Å². The first-order chi connectivity index (χ1) is 13.5. The van der Waals surface area contributed by atoms with Crippen LogP contribution in [0.4, 0.5) is 0 Å². The summed E-state index contributed by atoms with van der Waals surface area (Å²) < 4.78 is 7.12. The van der Waals surface area contributed by atoms with E-state index in [-0.39, 0.29) is 11.2 Å². The summed E-state index contributed by atoms with van der Waals surface area (Å²) >= 11 is 3.43. The number of fused-ring (bicyclic) bond motifs is 1. The molecule has 0 radical (unpaired) electrons. The van der Waals surface area contributed by atoms with Gasteiger partial charge in [0.15, 0.2) is 5.58 Å². The highest BCUT2D eigenvalue weighted by Gasteiger charge is 2.26. The lowest BCUT2D eigenvalue weighted by atomic mass is 9.99. The Morgan fingerprint density at radius 1 is 1.18 bits per heavy atom. The van der Waals surface area contributed by atoms with E-state index in [1.165, 1.54) is 24.2 Å². The van der Waals surface area contributed by atoms with Crippen molar-refractivity contribution in [1.29, 1.82) is 0 Å². The van der Waals surface area contributed by atoms with E-state index in [2.05, 4.69) is 22.9 Å². The highest BCUT2D eigenvalue weighted by Crippen LogP contribution is 2.30. The fraction of sp³-hybridized carbons (Fsp3) is 0.348. The lowest BCUT2D eigenvalue weighted by Crippen LogP contribution is -3.14. The number of halogens is 1. The monoisotopic (exact) mass is 442 g/mol. The molecule has 1 aliphatic heterocycles. The molecule has 0 aliphatic carbocycles. The molecule has 2 heterocycles. The molecular formula is C23H25BrNO3+. The predicted octanol–water partition coefficient (Wildman–Crippen LogP) is 4.19. The van der Waals surface area contributed by atoms with Gasteiger partial charge in [0.1, 0.15) is 18.1 Å². The second kappa shape index (κ2) is 7.72. The topological polar surface area (TPSA) is 54.9 Å². The average Bonchev–Trinajstić information content (AvgIpc) is 2.67. The molecule has 28 heavy (non-hydrogen) atoms. The Hall–Kier alpha value is -2.11. The van der Waals surface area contributed by atoms with Crippen LogP contribution in [0.2, 0.25) is 0 Å². The molecular weight excluding hydrogens is 418 g/mol.